The minimum Gasteiger partial charge on any atom is -0.505 e. The number of azo groups is 2. The third-order valence-electron chi connectivity index (χ3n) is 6.91. The van der Waals surface area contributed by atoms with Gasteiger partial charge in [0.15, 0.2) is 17.3 Å². The second kappa shape index (κ2) is 15.3. The molecule has 0 aliphatic carbocycles. The Morgan fingerprint density at radius 2 is 1.49 bits per heavy atom. The predicted molar refractivity (Wildman–Crippen MR) is 185 cm³/mol. The monoisotopic (exact) mass is 783 g/mol. The van der Waals surface area contributed by atoms with Gasteiger partial charge in [0.05, 0.1) is 32.4 Å². The van der Waals surface area contributed by atoms with Crippen LogP contribution in [0.2, 0.25) is 0 Å². The van der Waals surface area contributed by atoms with Crippen LogP contribution < -0.4 is 5.73 Å². The summed E-state index contributed by atoms with van der Waals surface area (Å²) in [5, 5.41) is 40.9. The molecule has 1 radical (unpaired) electrons. The van der Waals surface area contributed by atoms with Crippen molar-refractivity contribution in [2.45, 2.75) is 23.6 Å². The fourth-order valence-electron chi connectivity index (χ4n) is 4.70. The molecule has 2 aromatic heterocycles. The molecule has 0 unspecified atom stereocenters. The van der Waals surface area contributed by atoms with Crippen LogP contribution in [0.3, 0.4) is 0 Å². The number of aliphatic carboxylic acids is 1. The Morgan fingerprint density at radius 3 is 2.14 bits per heavy atom. The molecule has 17 nitrogen and oxygen atoms in total. The maximum absolute atomic E-state index is 11.4. The van der Waals surface area contributed by atoms with Crippen molar-refractivity contribution in [1.29, 1.82) is 0 Å². The number of rotatable bonds is 7. The van der Waals surface area contributed by atoms with Gasteiger partial charge in [-0.05, 0) is 73.0 Å². The Morgan fingerprint density at radius 1 is 0.843 bits per heavy atom. The molecule has 2 heterocycles. The maximum atomic E-state index is 11.4. The van der Waals surface area contributed by atoms with Crippen LogP contribution in [0.4, 0.5) is 28.6 Å². The molecule has 0 saturated carbocycles. The number of nitrogen functional groups attached to an aromatic ring is 1. The van der Waals surface area contributed by atoms with Crippen molar-refractivity contribution in [3.8, 4) is 11.4 Å². The third-order valence-corrected chi connectivity index (χ3v) is 8.68. The van der Waals surface area contributed by atoms with Crippen LogP contribution in [0.1, 0.15) is 12.6 Å². The average molecular weight is 784 g/mol. The number of aromatic hydroxyl groups is 1. The molecule has 0 aliphatic rings. The number of carbonyl (C=O) groups is 1. The summed E-state index contributed by atoms with van der Waals surface area (Å²) in [5.74, 6) is -1.18. The quantitative estimate of drug-likeness (QED) is 0.0462. The molecule has 0 bridgehead atoms. The third kappa shape index (κ3) is 8.71. The molecule has 6 rings (SSSR count). The van der Waals surface area contributed by atoms with Gasteiger partial charge in [-0.1, -0.05) is 18.2 Å². The predicted octanol–water partition coefficient (Wildman–Crippen LogP) is 7.92. The van der Waals surface area contributed by atoms with Crippen molar-refractivity contribution in [3.05, 3.63) is 90.8 Å². The van der Waals surface area contributed by atoms with Gasteiger partial charge in [0.2, 0.25) is 0 Å². The normalized spacial score (nSPS) is 12.2. The number of aromatic nitrogens is 3. The number of hydrogen-bond donors (Lipinski definition) is 7. The molecular formula is C31H28CuN8O9S2. The van der Waals surface area contributed by atoms with Gasteiger partial charge in [-0.25, -0.2) is 4.68 Å². The van der Waals surface area contributed by atoms with Gasteiger partial charge in [0.25, 0.3) is 16.1 Å². The van der Waals surface area contributed by atoms with Gasteiger partial charge in [-0.2, -0.15) is 18.6 Å². The number of aryl methyl sites for hydroxylation is 1. The van der Waals surface area contributed by atoms with Crippen molar-refractivity contribution in [3.63, 3.8) is 0 Å². The fourth-order valence-corrected chi connectivity index (χ4v) is 5.87. The van der Waals surface area contributed by atoms with E-state index in [1.165, 1.54) is 47.1 Å². The number of pyridine rings is 1. The minimum absolute atomic E-state index is 0. The molecule has 6 aromatic rings. The van der Waals surface area contributed by atoms with Crippen molar-refractivity contribution in [1.82, 2.24) is 14.8 Å². The van der Waals surface area contributed by atoms with Gasteiger partial charge >= 0.3 is 0 Å². The first-order chi connectivity index (χ1) is 23.5. The van der Waals surface area contributed by atoms with E-state index < -0.39 is 37.6 Å². The summed E-state index contributed by atoms with van der Waals surface area (Å²) < 4.78 is 63.9. The Bertz CT molecular complexity index is 2420. The average Bonchev–Trinajstić information content (AvgIpc) is 3.34. The van der Waals surface area contributed by atoms with Gasteiger partial charge in [-0.3, -0.25) is 14.3 Å². The van der Waals surface area contributed by atoms with E-state index in [4.69, 9.17) is 15.6 Å². The summed E-state index contributed by atoms with van der Waals surface area (Å²) in [7, 11) is -8.74. The van der Waals surface area contributed by atoms with E-state index in [2.05, 4.69) is 30.5 Å². The molecule has 0 atom stereocenters. The number of anilines is 1. The molecule has 269 valence electrons. The van der Waals surface area contributed by atoms with Crippen molar-refractivity contribution >= 4 is 77.2 Å². The molecule has 0 saturated heterocycles. The first-order valence-electron chi connectivity index (χ1n) is 14.1. The van der Waals surface area contributed by atoms with E-state index in [-0.39, 0.29) is 55.6 Å². The van der Waals surface area contributed by atoms with Gasteiger partial charge in [0, 0.05) is 41.0 Å². The molecule has 4 aromatic carbocycles. The minimum atomic E-state index is -4.37. The van der Waals surface area contributed by atoms with Crippen LogP contribution in [0.25, 0.3) is 27.4 Å². The van der Waals surface area contributed by atoms with Crippen LogP contribution in [0.15, 0.2) is 115 Å². The van der Waals surface area contributed by atoms with Crippen LogP contribution in [-0.4, -0.2) is 57.6 Å². The first kappa shape index (κ1) is 38.5. The molecule has 51 heavy (non-hydrogen) atoms. The standard InChI is InChI=1S/C29H24N8O7S2.C2H4O2.Cu/c1-16-25(29(30)37(36-16)20-8-10-21(11-9-20)45(39,40)41)34-32-19-7-12-22-18(14-19)15-24(46(42,43)44)27(28(22)38)35-33-23-6-2-4-17-5-3-13-31-26(17)23;1-2(3)4;/h2-15,38,42-44H,30H2,1H3,(H,39,40,41);1H3,(H,3,4);. The van der Waals surface area contributed by atoms with E-state index in [1.807, 2.05) is 12.1 Å². The van der Waals surface area contributed by atoms with Crippen LogP contribution in [0, 0.1) is 6.92 Å². The van der Waals surface area contributed by atoms with Crippen molar-refractivity contribution in [2.75, 3.05) is 5.73 Å². The number of hydrogen-bond acceptors (Lipinski definition) is 14. The van der Waals surface area contributed by atoms with E-state index >= 15 is 0 Å². The molecule has 8 N–H and O–H groups in total. The maximum Gasteiger partial charge on any atom is 0.300 e. The SMILES string of the molecule is CC(=O)O.Cc1nn(-c2ccc(S(=O)(=O)O)cc2)c(N)c1N=Nc1ccc2c(O)c(N=Nc3cccc4cccnc34)c(S(O)(O)O)cc2c1.[Cu]. The Labute approximate surface area is 301 Å². The van der Waals surface area contributed by atoms with Crippen LogP contribution >= 0.6 is 10.9 Å². The van der Waals surface area contributed by atoms with E-state index in [1.54, 1.807) is 37.4 Å². The van der Waals surface area contributed by atoms with Crippen molar-refractivity contribution < 1.29 is 58.7 Å². The topological polar surface area (TPSA) is 279 Å². The van der Waals surface area contributed by atoms with E-state index in [0.29, 0.717) is 22.6 Å². The van der Waals surface area contributed by atoms with Crippen LogP contribution in [0.5, 0.6) is 5.75 Å². The number of fused-ring (bicyclic) bond motifs is 2. The Hall–Kier alpha value is -5.31. The van der Waals surface area contributed by atoms with Crippen LogP contribution in [-0.2, 0) is 32.0 Å². The van der Waals surface area contributed by atoms with E-state index in [9.17, 15) is 31.7 Å². The van der Waals surface area contributed by atoms with Gasteiger partial charge < -0.3 is 29.6 Å². The largest absolute Gasteiger partial charge is 0.505 e. The molecular weight excluding hydrogens is 756 g/mol. The summed E-state index contributed by atoms with van der Waals surface area (Å²) in [6.07, 6.45) is 1.59. The number of nitrogens with two attached hydrogens (primary N) is 1. The molecule has 0 aliphatic heterocycles. The zero-order chi connectivity index (χ0) is 36.4. The number of phenols is 1. The smallest absolute Gasteiger partial charge is 0.300 e. The molecule has 20 heteroatoms. The number of nitrogens with zero attached hydrogens (tertiary/aromatic N) is 7. The summed E-state index contributed by atoms with van der Waals surface area (Å²) in [5.41, 5.74) is 8.16. The summed E-state index contributed by atoms with van der Waals surface area (Å²) in [6, 6.07) is 19.9. The number of phenolic OH excluding ortho intramolecular Hbond substituents is 1. The Kier molecular flexibility index (Phi) is 11.5. The second-order valence-corrected chi connectivity index (χ2v) is 13.4. The number of benzene rings is 4. The summed E-state index contributed by atoms with van der Waals surface area (Å²) >= 11 is 0. The number of para-hydroxylation sites is 1. The Balaban J connectivity index is 0.00000111. The molecule has 0 amide bonds. The second-order valence-electron chi connectivity index (χ2n) is 10.5. The number of carboxylic acid groups (broad SMARTS) is 1. The first-order valence-corrected chi connectivity index (χ1v) is 17.1. The molecule has 0 fully saturated rings. The summed E-state index contributed by atoms with van der Waals surface area (Å²) in [6.45, 7) is 2.73. The zero-order valence-corrected chi connectivity index (χ0v) is 28.9. The molecule has 0 spiro atoms. The zero-order valence-electron chi connectivity index (χ0n) is 26.3. The summed E-state index contributed by atoms with van der Waals surface area (Å²) in [4.78, 5) is 12.6. The fraction of sp³-hybridized carbons (Fsp3) is 0.0645. The number of carboxylic acids is 1. The van der Waals surface area contributed by atoms with Gasteiger partial charge in [-0.15, -0.1) is 15.3 Å². The van der Waals surface area contributed by atoms with Crippen molar-refractivity contribution in [2.24, 2.45) is 20.5 Å². The van der Waals surface area contributed by atoms with E-state index in [0.717, 1.165) is 12.3 Å². The van der Waals surface area contributed by atoms with Gasteiger partial charge in [0.1, 0.15) is 22.2 Å².